The molecule has 2 aromatic carbocycles. The summed E-state index contributed by atoms with van der Waals surface area (Å²) in [7, 11) is 0. The summed E-state index contributed by atoms with van der Waals surface area (Å²) in [5, 5.41) is 4.87. The van der Waals surface area contributed by atoms with Gasteiger partial charge in [0.2, 0.25) is 0 Å². The number of aliphatic imine (C=N–C) groups is 1. The lowest BCUT2D eigenvalue weighted by Gasteiger charge is -2.15. The van der Waals surface area contributed by atoms with Crippen LogP contribution in [0.15, 0.2) is 65.4 Å². The largest absolute Gasteiger partial charge is 0.404 e. The molecule has 0 bridgehead atoms. The summed E-state index contributed by atoms with van der Waals surface area (Å²) in [4.78, 5) is 21.3. The van der Waals surface area contributed by atoms with Crippen LogP contribution < -0.4 is 22.5 Å². The molecular weight excluding hydrogens is 388 g/mol. The van der Waals surface area contributed by atoms with Gasteiger partial charge >= 0.3 is 0 Å². The van der Waals surface area contributed by atoms with Gasteiger partial charge in [0.25, 0.3) is 5.91 Å². The van der Waals surface area contributed by atoms with Crippen LogP contribution in [0.5, 0.6) is 0 Å². The lowest BCUT2D eigenvalue weighted by atomic mass is 9.96. The third-order valence-corrected chi connectivity index (χ3v) is 5.38. The van der Waals surface area contributed by atoms with Gasteiger partial charge in [-0.25, -0.2) is 4.98 Å². The molecule has 7 heteroatoms. The number of fused-ring (bicyclic) bond motifs is 1. The molecule has 160 valence electrons. The molecule has 0 radical (unpaired) electrons. The molecule has 1 atom stereocenters. The fourth-order valence-electron chi connectivity index (χ4n) is 3.58. The number of anilines is 1. The number of nitrogens with two attached hydrogens (primary N) is 3. The zero-order valence-corrected chi connectivity index (χ0v) is 17.8. The number of nitrogens with one attached hydrogen (secondary N) is 1. The van der Waals surface area contributed by atoms with Crippen molar-refractivity contribution in [2.24, 2.45) is 16.5 Å². The molecule has 7 N–H and O–H groups in total. The highest BCUT2D eigenvalue weighted by Gasteiger charge is 2.13. The third-order valence-electron chi connectivity index (χ3n) is 5.38. The average Bonchev–Trinajstić information content (AvgIpc) is 2.78. The monoisotopic (exact) mass is 416 g/mol. The van der Waals surface area contributed by atoms with Crippen LogP contribution >= 0.6 is 0 Å². The van der Waals surface area contributed by atoms with Gasteiger partial charge in [0.15, 0.2) is 0 Å². The summed E-state index contributed by atoms with van der Waals surface area (Å²) in [5.41, 5.74) is 21.9. The number of aromatic nitrogens is 1. The fourth-order valence-corrected chi connectivity index (χ4v) is 3.58. The first-order valence-corrected chi connectivity index (χ1v) is 10.1. The normalized spacial score (nSPS) is 12.9. The Hall–Kier alpha value is -3.71. The van der Waals surface area contributed by atoms with Crippen molar-refractivity contribution in [3.05, 3.63) is 82.7 Å². The minimum atomic E-state index is -0.303. The Bertz CT molecular complexity index is 1140. The van der Waals surface area contributed by atoms with Crippen LogP contribution in [-0.2, 0) is 11.3 Å². The molecule has 0 fully saturated rings. The van der Waals surface area contributed by atoms with Crippen molar-refractivity contribution in [2.45, 2.75) is 26.4 Å². The molecule has 0 aliphatic heterocycles. The van der Waals surface area contributed by atoms with Gasteiger partial charge in [-0.2, -0.15) is 0 Å². The van der Waals surface area contributed by atoms with Crippen molar-refractivity contribution in [3.8, 4) is 0 Å². The maximum absolute atomic E-state index is 12.7. The van der Waals surface area contributed by atoms with Gasteiger partial charge in [-0.15, -0.1) is 0 Å². The zero-order chi connectivity index (χ0) is 22.4. The van der Waals surface area contributed by atoms with Gasteiger partial charge < -0.3 is 22.5 Å². The lowest BCUT2D eigenvalue weighted by molar-refractivity contribution is -0.117. The quantitative estimate of drug-likeness (QED) is 0.347. The molecule has 0 saturated heterocycles. The number of carbonyl (C=O) groups is 1. The first kappa shape index (κ1) is 22.0. The highest BCUT2D eigenvalue weighted by Crippen LogP contribution is 2.27. The van der Waals surface area contributed by atoms with Gasteiger partial charge in [0.1, 0.15) is 5.82 Å². The molecule has 31 heavy (non-hydrogen) atoms. The highest BCUT2D eigenvalue weighted by molar-refractivity contribution is 6.12. The van der Waals surface area contributed by atoms with Gasteiger partial charge in [-0.1, -0.05) is 30.3 Å². The van der Waals surface area contributed by atoms with E-state index < -0.39 is 0 Å². The summed E-state index contributed by atoms with van der Waals surface area (Å²) in [5.74, 6) is 0.194. The number of amides is 1. The van der Waals surface area contributed by atoms with Gasteiger partial charge in [-0.3, -0.25) is 9.79 Å². The second kappa shape index (κ2) is 9.86. The van der Waals surface area contributed by atoms with Crippen LogP contribution in [0.3, 0.4) is 0 Å². The second-order valence-electron chi connectivity index (χ2n) is 7.33. The van der Waals surface area contributed by atoms with E-state index >= 15 is 0 Å². The van der Waals surface area contributed by atoms with E-state index in [-0.39, 0.29) is 17.5 Å². The van der Waals surface area contributed by atoms with E-state index in [0.29, 0.717) is 18.9 Å². The van der Waals surface area contributed by atoms with Crippen molar-refractivity contribution in [1.82, 2.24) is 10.3 Å². The topological polar surface area (TPSA) is 132 Å². The third kappa shape index (κ3) is 4.90. The van der Waals surface area contributed by atoms with Crippen LogP contribution in [-0.4, -0.2) is 23.7 Å². The first-order chi connectivity index (χ1) is 15.0. The Kier molecular flexibility index (Phi) is 6.99. The summed E-state index contributed by atoms with van der Waals surface area (Å²) >= 11 is 0. The van der Waals surface area contributed by atoms with Crippen LogP contribution in [0.1, 0.15) is 28.3 Å². The minimum absolute atomic E-state index is 0.243. The maximum atomic E-state index is 12.7. The maximum Gasteiger partial charge on any atom is 0.254 e. The van der Waals surface area contributed by atoms with E-state index in [0.717, 1.165) is 33.0 Å². The fraction of sp³-hybridized carbons (Fsp3) is 0.208. The van der Waals surface area contributed by atoms with Gasteiger partial charge in [-0.05, 0) is 53.6 Å². The van der Waals surface area contributed by atoms with Crippen LogP contribution in [0.2, 0.25) is 0 Å². The highest BCUT2D eigenvalue weighted by atomic mass is 16.1. The lowest BCUT2D eigenvalue weighted by Crippen LogP contribution is -2.26. The molecule has 1 unspecified atom stereocenters. The Morgan fingerprint density at radius 2 is 1.94 bits per heavy atom. The predicted octanol–water partition coefficient (Wildman–Crippen LogP) is 2.66. The summed E-state index contributed by atoms with van der Waals surface area (Å²) < 4.78 is 0. The van der Waals surface area contributed by atoms with Gasteiger partial charge in [0.05, 0.1) is 11.6 Å². The molecular formula is C24H28N6O. The number of nitrogen functional groups attached to an aromatic ring is 1. The minimum Gasteiger partial charge on any atom is -0.404 e. The molecule has 7 nitrogen and oxygen atoms in total. The van der Waals surface area contributed by atoms with E-state index in [2.05, 4.69) is 15.3 Å². The van der Waals surface area contributed by atoms with Crippen molar-refractivity contribution in [1.29, 1.82) is 0 Å². The Morgan fingerprint density at radius 1 is 1.19 bits per heavy atom. The zero-order valence-electron chi connectivity index (χ0n) is 17.8. The number of benzene rings is 2. The van der Waals surface area contributed by atoms with E-state index in [4.69, 9.17) is 17.2 Å². The number of hydrogen-bond donors (Lipinski definition) is 4. The molecule has 0 spiro atoms. The Labute approximate surface area is 182 Å². The first-order valence-electron chi connectivity index (χ1n) is 10.1. The molecule has 1 amide bonds. The summed E-state index contributed by atoms with van der Waals surface area (Å²) in [6.45, 7) is 4.70. The van der Waals surface area contributed by atoms with Crippen molar-refractivity contribution >= 4 is 28.7 Å². The molecule has 0 saturated carbocycles. The number of aryl methyl sites for hydroxylation is 2. The smallest absolute Gasteiger partial charge is 0.254 e. The predicted molar refractivity (Wildman–Crippen MR) is 126 cm³/mol. The molecule has 1 heterocycles. The second-order valence-corrected chi connectivity index (χ2v) is 7.33. The molecule has 3 aromatic rings. The summed E-state index contributed by atoms with van der Waals surface area (Å²) in [6.07, 6.45) is 4.42. The van der Waals surface area contributed by atoms with E-state index in [9.17, 15) is 4.79 Å². The summed E-state index contributed by atoms with van der Waals surface area (Å²) in [6, 6.07) is 13.4. The van der Waals surface area contributed by atoms with Crippen molar-refractivity contribution < 1.29 is 4.79 Å². The Morgan fingerprint density at radius 3 is 2.61 bits per heavy atom. The Balaban J connectivity index is 1.75. The SMILES string of the molecule is Cc1cc2c(N)nccc2c(C)c1CNC(=O)/C(C=NC(CN)c1ccccc1)=C/N. The molecule has 0 aliphatic carbocycles. The number of pyridine rings is 1. The average molecular weight is 417 g/mol. The molecule has 3 rings (SSSR count). The van der Waals surface area contributed by atoms with Crippen molar-refractivity contribution in [3.63, 3.8) is 0 Å². The molecule has 0 aliphatic rings. The number of hydrogen-bond acceptors (Lipinski definition) is 6. The van der Waals surface area contributed by atoms with Crippen molar-refractivity contribution in [2.75, 3.05) is 12.3 Å². The number of rotatable bonds is 7. The molecule has 1 aromatic heterocycles. The van der Waals surface area contributed by atoms with E-state index in [1.807, 2.05) is 56.3 Å². The number of nitrogens with zero attached hydrogens (tertiary/aromatic N) is 2. The van der Waals surface area contributed by atoms with E-state index in [1.54, 1.807) is 6.20 Å². The van der Waals surface area contributed by atoms with Gasteiger partial charge in [0, 0.05) is 37.1 Å². The van der Waals surface area contributed by atoms with Crippen LogP contribution in [0.25, 0.3) is 10.8 Å². The van der Waals surface area contributed by atoms with Crippen LogP contribution in [0.4, 0.5) is 5.82 Å². The van der Waals surface area contributed by atoms with Crippen LogP contribution in [0, 0.1) is 13.8 Å². The standard InChI is InChI=1S/C24H28N6O/c1-15-10-20-19(8-9-28-23(20)27)16(2)21(15)14-30-24(31)18(11-25)13-29-22(12-26)17-6-4-3-5-7-17/h3-11,13,22H,12,14,25-26H2,1-2H3,(H2,27,28)(H,30,31)/b18-11+,29-13?. The van der Waals surface area contributed by atoms with E-state index in [1.165, 1.54) is 12.4 Å². The number of carbonyl (C=O) groups excluding carboxylic acids is 1.